The van der Waals surface area contributed by atoms with E-state index in [1.807, 2.05) is 25.3 Å². The molecule has 1 saturated heterocycles. The van der Waals surface area contributed by atoms with E-state index in [-0.39, 0.29) is 11.5 Å². The van der Waals surface area contributed by atoms with Gasteiger partial charge < -0.3 is 9.88 Å². The summed E-state index contributed by atoms with van der Waals surface area (Å²) in [4.78, 5) is 26.0. The van der Waals surface area contributed by atoms with Crippen LogP contribution in [0.4, 0.5) is 5.82 Å². The molecule has 0 amide bonds. The van der Waals surface area contributed by atoms with E-state index in [4.69, 9.17) is 0 Å². The van der Waals surface area contributed by atoms with Crippen molar-refractivity contribution < 1.29 is 0 Å². The van der Waals surface area contributed by atoms with Crippen LogP contribution in [0.2, 0.25) is 0 Å². The second kappa shape index (κ2) is 6.07. The third kappa shape index (κ3) is 2.77. The van der Waals surface area contributed by atoms with Crippen LogP contribution < -0.4 is 10.5 Å². The number of aryl methyl sites for hydroxylation is 1. The van der Waals surface area contributed by atoms with Gasteiger partial charge in [0, 0.05) is 36.7 Å². The summed E-state index contributed by atoms with van der Waals surface area (Å²) in [5, 5.41) is 2.38. The standard InChI is InChI=1S/C19H20N4O/c1-13-21-17(11-18(24)22-13)15-6-4-10-23(12-15)19-16-7-3-2-5-14(16)8-9-20-19/h2-3,5,7-9,11,15H,4,6,10,12H2,1H3,(H,21,22,24). The maximum atomic E-state index is 11.8. The van der Waals surface area contributed by atoms with Gasteiger partial charge >= 0.3 is 0 Å². The van der Waals surface area contributed by atoms with Crippen LogP contribution in [-0.4, -0.2) is 28.0 Å². The van der Waals surface area contributed by atoms with Crippen LogP contribution in [0.3, 0.4) is 0 Å². The SMILES string of the molecule is Cc1nc(C2CCCN(c3nccc4ccccc34)C2)cc(=O)[nH]1. The first kappa shape index (κ1) is 14.9. The number of pyridine rings is 1. The zero-order valence-corrected chi connectivity index (χ0v) is 13.7. The van der Waals surface area contributed by atoms with Crippen LogP contribution in [0.25, 0.3) is 10.8 Å². The highest BCUT2D eigenvalue weighted by Gasteiger charge is 2.24. The summed E-state index contributed by atoms with van der Waals surface area (Å²) in [6.45, 7) is 3.66. The molecule has 1 unspecified atom stereocenters. The van der Waals surface area contributed by atoms with Gasteiger partial charge in [-0.25, -0.2) is 9.97 Å². The highest BCUT2D eigenvalue weighted by Crippen LogP contribution is 2.31. The molecule has 0 radical (unpaired) electrons. The van der Waals surface area contributed by atoms with Crippen molar-refractivity contribution in [2.24, 2.45) is 0 Å². The van der Waals surface area contributed by atoms with Crippen molar-refractivity contribution in [1.82, 2.24) is 15.0 Å². The Labute approximate surface area is 140 Å². The van der Waals surface area contributed by atoms with Gasteiger partial charge in [0.1, 0.15) is 11.6 Å². The van der Waals surface area contributed by atoms with Crippen LogP contribution in [-0.2, 0) is 0 Å². The van der Waals surface area contributed by atoms with Crippen molar-refractivity contribution in [1.29, 1.82) is 0 Å². The quantitative estimate of drug-likeness (QED) is 0.788. The molecule has 1 atom stereocenters. The number of H-pyrrole nitrogens is 1. The van der Waals surface area contributed by atoms with Crippen LogP contribution in [0.1, 0.15) is 30.3 Å². The summed E-state index contributed by atoms with van der Waals surface area (Å²) in [5.74, 6) is 1.97. The molecule has 1 aliphatic rings. The van der Waals surface area contributed by atoms with Gasteiger partial charge in [-0.2, -0.15) is 0 Å². The predicted octanol–water partition coefficient (Wildman–Crippen LogP) is 3.01. The molecule has 0 saturated carbocycles. The Balaban J connectivity index is 1.68. The van der Waals surface area contributed by atoms with Crippen molar-refractivity contribution in [3.63, 3.8) is 0 Å². The number of hydrogen-bond acceptors (Lipinski definition) is 4. The van der Waals surface area contributed by atoms with Gasteiger partial charge in [0.15, 0.2) is 0 Å². The van der Waals surface area contributed by atoms with E-state index in [2.05, 4.69) is 38.1 Å². The molecule has 24 heavy (non-hydrogen) atoms. The van der Waals surface area contributed by atoms with Gasteiger partial charge in [-0.1, -0.05) is 24.3 Å². The molecule has 4 rings (SSSR count). The molecule has 122 valence electrons. The third-order valence-electron chi connectivity index (χ3n) is 4.67. The van der Waals surface area contributed by atoms with E-state index in [1.54, 1.807) is 6.07 Å². The minimum Gasteiger partial charge on any atom is -0.355 e. The van der Waals surface area contributed by atoms with Gasteiger partial charge in [0.2, 0.25) is 0 Å². The second-order valence-corrected chi connectivity index (χ2v) is 6.40. The number of aromatic amines is 1. The molecule has 0 bridgehead atoms. The highest BCUT2D eigenvalue weighted by atomic mass is 16.1. The lowest BCUT2D eigenvalue weighted by molar-refractivity contribution is 0.497. The Morgan fingerprint density at radius 3 is 3.00 bits per heavy atom. The van der Waals surface area contributed by atoms with E-state index in [9.17, 15) is 4.79 Å². The Bertz CT molecular complexity index is 929. The smallest absolute Gasteiger partial charge is 0.251 e. The van der Waals surface area contributed by atoms with Crippen LogP contribution in [0.15, 0.2) is 47.4 Å². The molecule has 3 heterocycles. The maximum Gasteiger partial charge on any atom is 0.251 e. The van der Waals surface area contributed by atoms with Crippen LogP contribution in [0, 0.1) is 6.92 Å². The summed E-state index contributed by atoms with van der Waals surface area (Å²) in [6.07, 6.45) is 4.00. The van der Waals surface area contributed by atoms with Gasteiger partial charge in [0.25, 0.3) is 5.56 Å². The summed E-state index contributed by atoms with van der Waals surface area (Å²) >= 11 is 0. The first-order valence-corrected chi connectivity index (χ1v) is 8.37. The number of nitrogens with zero attached hydrogens (tertiary/aromatic N) is 3. The summed E-state index contributed by atoms with van der Waals surface area (Å²) in [7, 11) is 0. The number of rotatable bonds is 2. The van der Waals surface area contributed by atoms with Gasteiger partial charge in [-0.15, -0.1) is 0 Å². The third-order valence-corrected chi connectivity index (χ3v) is 4.67. The zero-order valence-electron chi connectivity index (χ0n) is 13.7. The van der Waals surface area contributed by atoms with Crippen molar-refractivity contribution >= 4 is 16.6 Å². The van der Waals surface area contributed by atoms with Crippen molar-refractivity contribution in [3.8, 4) is 0 Å². The Kier molecular flexibility index (Phi) is 3.76. The lowest BCUT2D eigenvalue weighted by atomic mass is 9.94. The average molecular weight is 320 g/mol. The lowest BCUT2D eigenvalue weighted by Gasteiger charge is -2.34. The Morgan fingerprint density at radius 2 is 2.12 bits per heavy atom. The number of piperidine rings is 1. The Morgan fingerprint density at radius 1 is 1.25 bits per heavy atom. The number of aromatic nitrogens is 3. The van der Waals surface area contributed by atoms with Crippen LogP contribution in [0.5, 0.6) is 0 Å². The molecule has 1 N–H and O–H groups in total. The Hall–Kier alpha value is -2.69. The first-order chi connectivity index (χ1) is 11.7. The van der Waals surface area contributed by atoms with Gasteiger partial charge in [0.05, 0.1) is 5.69 Å². The van der Waals surface area contributed by atoms with Crippen molar-refractivity contribution in [2.75, 3.05) is 18.0 Å². The number of hydrogen-bond donors (Lipinski definition) is 1. The molecular weight excluding hydrogens is 300 g/mol. The van der Waals surface area contributed by atoms with Gasteiger partial charge in [-0.05, 0) is 31.2 Å². The van der Waals surface area contributed by atoms with Crippen molar-refractivity contribution in [3.05, 3.63) is 64.5 Å². The summed E-state index contributed by atoms with van der Waals surface area (Å²) < 4.78 is 0. The molecule has 3 aromatic rings. The molecule has 5 nitrogen and oxygen atoms in total. The fourth-order valence-corrected chi connectivity index (χ4v) is 3.58. The minimum atomic E-state index is -0.0714. The predicted molar refractivity (Wildman–Crippen MR) is 95.5 cm³/mol. The monoisotopic (exact) mass is 320 g/mol. The van der Waals surface area contributed by atoms with E-state index < -0.39 is 0 Å². The lowest BCUT2D eigenvalue weighted by Crippen LogP contribution is -2.35. The van der Waals surface area contributed by atoms with Crippen molar-refractivity contribution in [2.45, 2.75) is 25.7 Å². The maximum absolute atomic E-state index is 11.8. The molecule has 0 spiro atoms. The number of anilines is 1. The minimum absolute atomic E-state index is 0.0714. The number of benzene rings is 1. The number of nitrogens with one attached hydrogen (secondary N) is 1. The van der Waals surface area contributed by atoms with Gasteiger partial charge in [-0.3, -0.25) is 4.79 Å². The topological polar surface area (TPSA) is 61.9 Å². The fourth-order valence-electron chi connectivity index (χ4n) is 3.58. The zero-order chi connectivity index (χ0) is 16.5. The molecule has 1 fully saturated rings. The van der Waals surface area contributed by atoms with E-state index in [1.165, 1.54) is 10.8 Å². The first-order valence-electron chi connectivity index (χ1n) is 8.37. The highest BCUT2D eigenvalue weighted by molar-refractivity contribution is 5.92. The molecule has 5 heteroatoms. The van der Waals surface area contributed by atoms with E-state index >= 15 is 0 Å². The largest absolute Gasteiger partial charge is 0.355 e. The fraction of sp³-hybridized carbons (Fsp3) is 0.316. The molecule has 0 aliphatic carbocycles. The van der Waals surface area contributed by atoms with E-state index in [0.717, 1.165) is 37.4 Å². The summed E-state index contributed by atoms with van der Waals surface area (Å²) in [5.41, 5.74) is 0.819. The van der Waals surface area contributed by atoms with E-state index in [0.29, 0.717) is 5.82 Å². The second-order valence-electron chi connectivity index (χ2n) is 6.40. The van der Waals surface area contributed by atoms with Crippen LogP contribution >= 0.6 is 0 Å². The normalized spacial score (nSPS) is 18.0. The molecule has 1 aliphatic heterocycles. The number of fused-ring (bicyclic) bond motifs is 1. The molecule has 2 aromatic heterocycles. The molecular formula is C19H20N4O. The molecule has 1 aromatic carbocycles. The summed E-state index contributed by atoms with van der Waals surface area (Å²) in [6, 6.07) is 12.0. The average Bonchev–Trinajstić information content (AvgIpc) is 2.60.